The monoisotopic (exact) mass is 271 g/mol. The van der Waals surface area contributed by atoms with Crippen molar-refractivity contribution in [2.24, 2.45) is 5.92 Å². The Hall–Kier alpha value is -0.700. The molecule has 0 atom stereocenters. The molecule has 1 rings (SSSR count). The Morgan fingerprint density at radius 3 is 2.73 bits per heavy atom. The number of rotatable bonds is 5. The van der Waals surface area contributed by atoms with Gasteiger partial charge in [-0.3, -0.25) is 0 Å². The van der Waals surface area contributed by atoms with Crippen molar-refractivity contribution in [3.63, 3.8) is 0 Å². The first-order valence-electron chi connectivity index (χ1n) is 5.28. The van der Waals surface area contributed by atoms with Crippen LogP contribution >= 0.6 is 15.9 Å². The minimum atomic E-state index is 0.689. The van der Waals surface area contributed by atoms with Gasteiger partial charge < -0.3 is 10.5 Å². The first-order chi connectivity index (χ1) is 7.11. The molecular weight excluding hydrogens is 254 g/mol. The van der Waals surface area contributed by atoms with Crippen molar-refractivity contribution >= 4 is 21.6 Å². The van der Waals surface area contributed by atoms with E-state index in [1.807, 2.05) is 18.2 Å². The molecule has 0 amide bonds. The van der Waals surface area contributed by atoms with E-state index in [1.165, 1.54) is 6.42 Å². The van der Waals surface area contributed by atoms with E-state index in [1.54, 1.807) is 0 Å². The smallest absolute Gasteiger partial charge is 0.156 e. The molecule has 15 heavy (non-hydrogen) atoms. The van der Waals surface area contributed by atoms with Crippen molar-refractivity contribution in [1.29, 1.82) is 0 Å². The number of halogens is 1. The third kappa shape index (κ3) is 4.12. The van der Waals surface area contributed by atoms with E-state index >= 15 is 0 Å². The van der Waals surface area contributed by atoms with E-state index in [0.29, 0.717) is 5.69 Å². The largest absolute Gasteiger partial charge is 0.490 e. The van der Waals surface area contributed by atoms with Gasteiger partial charge in [-0.1, -0.05) is 19.9 Å². The van der Waals surface area contributed by atoms with Crippen LogP contribution in [0.15, 0.2) is 22.7 Å². The summed E-state index contributed by atoms with van der Waals surface area (Å²) in [6.45, 7) is 5.16. The number of anilines is 1. The lowest BCUT2D eigenvalue weighted by molar-refractivity contribution is 0.297. The van der Waals surface area contributed by atoms with Crippen molar-refractivity contribution in [3.05, 3.63) is 22.7 Å². The predicted octanol–water partition coefficient (Wildman–Crippen LogP) is 3.85. The number of nitrogens with two attached hydrogens (primary N) is 1. The fraction of sp³-hybridized carbons (Fsp3) is 0.500. The second-order valence-corrected chi connectivity index (χ2v) is 4.90. The molecule has 1 aromatic carbocycles. The van der Waals surface area contributed by atoms with Crippen LogP contribution in [0.5, 0.6) is 5.75 Å². The van der Waals surface area contributed by atoms with Gasteiger partial charge in [-0.05, 0) is 46.8 Å². The van der Waals surface area contributed by atoms with Gasteiger partial charge in [0.05, 0.1) is 16.8 Å². The van der Waals surface area contributed by atoms with Gasteiger partial charge in [0.15, 0.2) is 5.75 Å². The van der Waals surface area contributed by atoms with Gasteiger partial charge in [-0.25, -0.2) is 0 Å². The average Bonchev–Trinajstić information content (AvgIpc) is 2.15. The normalized spacial score (nSPS) is 10.7. The van der Waals surface area contributed by atoms with E-state index in [9.17, 15) is 0 Å². The van der Waals surface area contributed by atoms with Crippen molar-refractivity contribution in [2.45, 2.75) is 26.7 Å². The standard InChI is InChI=1S/C12H18BrNO/c1-9(2)5-4-8-15-12-10(13)6-3-7-11(12)14/h3,6-7,9H,4-5,8,14H2,1-2H3. The van der Waals surface area contributed by atoms with Crippen LogP contribution in [-0.4, -0.2) is 6.61 Å². The van der Waals surface area contributed by atoms with E-state index < -0.39 is 0 Å². The van der Waals surface area contributed by atoms with Crippen LogP contribution in [-0.2, 0) is 0 Å². The highest BCUT2D eigenvalue weighted by Gasteiger charge is 2.04. The van der Waals surface area contributed by atoms with Gasteiger partial charge >= 0.3 is 0 Å². The van der Waals surface area contributed by atoms with Crippen LogP contribution in [0.1, 0.15) is 26.7 Å². The van der Waals surface area contributed by atoms with Gasteiger partial charge in [0.2, 0.25) is 0 Å². The first-order valence-corrected chi connectivity index (χ1v) is 6.07. The summed E-state index contributed by atoms with van der Waals surface area (Å²) in [5.74, 6) is 1.49. The maximum atomic E-state index is 5.81. The topological polar surface area (TPSA) is 35.2 Å². The zero-order valence-electron chi connectivity index (χ0n) is 9.29. The van der Waals surface area contributed by atoms with Crippen molar-refractivity contribution in [1.82, 2.24) is 0 Å². The van der Waals surface area contributed by atoms with Gasteiger partial charge in [0, 0.05) is 0 Å². The van der Waals surface area contributed by atoms with Gasteiger partial charge in [-0.15, -0.1) is 0 Å². The summed E-state index contributed by atoms with van der Waals surface area (Å²) in [6.07, 6.45) is 2.25. The summed E-state index contributed by atoms with van der Waals surface area (Å²) < 4.78 is 6.57. The average molecular weight is 272 g/mol. The lowest BCUT2D eigenvalue weighted by Gasteiger charge is -2.11. The van der Waals surface area contributed by atoms with Crippen molar-refractivity contribution in [3.8, 4) is 5.75 Å². The maximum Gasteiger partial charge on any atom is 0.156 e. The Kier molecular flexibility index (Phi) is 4.95. The molecule has 1 aromatic rings. The quantitative estimate of drug-likeness (QED) is 0.652. The molecule has 2 N–H and O–H groups in total. The minimum absolute atomic E-state index is 0.689. The Morgan fingerprint density at radius 1 is 1.40 bits per heavy atom. The minimum Gasteiger partial charge on any atom is -0.490 e. The van der Waals surface area contributed by atoms with Crippen LogP contribution in [0.2, 0.25) is 0 Å². The fourth-order valence-corrected chi connectivity index (χ4v) is 1.84. The zero-order chi connectivity index (χ0) is 11.3. The number of ether oxygens (including phenoxy) is 1. The maximum absolute atomic E-state index is 5.81. The van der Waals surface area contributed by atoms with Crippen LogP contribution in [0.25, 0.3) is 0 Å². The zero-order valence-corrected chi connectivity index (χ0v) is 10.9. The molecule has 0 spiro atoms. The molecule has 0 radical (unpaired) electrons. The second-order valence-electron chi connectivity index (χ2n) is 4.04. The molecule has 0 fully saturated rings. The summed E-state index contributed by atoms with van der Waals surface area (Å²) in [5.41, 5.74) is 6.50. The highest BCUT2D eigenvalue weighted by atomic mass is 79.9. The van der Waals surface area contributed by atoms with Gasteiger partial charge in [0.25, 0.3) is 0 Å². The molecule has 3 heteroatoms. The van der Waals surface area contributed by atoms with E-state index in [4.69, 9.17) is 10.5 Å². The highest BCUT2D eigenvalue weighted by molar-refractivity contribution is 9.10. The third-order valence-electron chi connectivity index (χ3n) is 2.17. The molecule has 0 heterocycles. The molecule has 0 unspecified atom stereocenters. The molecular formula is C12H18BrNO. The van der Waals surface area contributed by atoms with Crippen LogP contribution in [0, 0.1) is 5.92 Å². The molecule has 0 saturated carbocycles. The fourth-order valence-electron chi connectivity index (χ4n) is 1.34. The highest BCUT2D eigenvalue weighted by Crippen LogP contribution is 2.30. The number of nitrogen functional groups attached to an aromatic ring is 1. The van der Waals surface area contributed by atoms with Crippen LogP contribution in [0.4, 0.5) is 5.69 Å². The van der Waals surface area contributed by atoms with Gasteiger partial charge in [0.1, 0.15) is 0 Å². The lowest BCUT2D eigenvalue weighted by atomic mass is 10.1. The van der Waals surface area contributed by atoms with E-state index in [0.717, 1.165) is 29.2 Å². The molecule has 2 nitrogen and oxygen atoms in total. The van der Waals surface area contributed by atoms with Crippen molar-refractivity contribution in [2.75, 3.05) is 12.3 Å². The van der Waals surface area contributed by atoms with E-state index in [2.05, 4.69) is 29.8 Å². The summed E-state index contributed by atoms with van der Waals surface area (Å²) >= 11 is 3.42. The number of hydrogen-bond acceptors (Lipinski definition) is 2. The summed E-state index contributed by atoms with van der Waals surface area (Å²) in [6, 6.07) is 5.69. The van der Waals surface area contributed by atoms with Crippen LogP contribution in [0.3, 0.4) is 0 Å². The number of para-hydroxylation sites is 1. The summed E-state index contributed by atoms with van der Waals surface area (Å²) in [4.78, 5) is 0. The van der Waals surface area contributed by atoms with Crippen LogP contribution < -0.4 is 10.5 Å². The van der Waals surface area contributed by atoms with Gasteiger partial charge in [-0.2, -0.15) is 0 Å². The molecule has 0 aliphatic rings. The number of benzene rings is 1. The molecule has 84 valence electrons. The SMILES string of the molecule is CC(C)CCCOc1c(N)cccc1Br. The first kappa shape index (κ1) is 12.4. The summed E-state index contributed by atoms with van der Waals surface area (Å²) in [5, 5.41) is 0. The molecule has 0 bridgehead atoms. The molecule has 0 saturated heterocycles. The lowest BCUT2D eigenvalue weighted by Crippen LogP contribution is -2.02. The Morgan fingerprint density at radius 2 is 2.13 bits per heavy atom. The Balaban J connectivity index is 2.43. The third-order valence-corrected chi connectivity index (χ3v) is 2.79. The van der Waals surface area contributed by atoms with Crippen molar-refractivity contribution < 1.29 is 4.74 Å². The Labute approximate surface area is 99.9 Å². The number of hydrogen-bond donors (Lipinski definition) is 1. The second kappa shape index (κ2) is 6.01. The molecule has 0 aromatic heterocycles. The summed E-state index contributed by atoms with van der Waals surface area (Å²) in [7, 11) is 0. The Bertz CT molecular complexity index is 292. The molecule has 0 aliphatic carbocycles. The predicted molar refractivity (Wildman–Crippen MR) is 68.1 cm³/mol. The van der Waals surface area contributed by atoms with E-state index in [-0.39, 0.29) is 0 Å². The molecule has 0 aliphatic heterocycles.